The van der Waals surface area contributed by atoms with Crippen molar-refractivity contribution >= 4 is 23.5 Å². The Hall–Kier alpha value is -4.09. The van der Waals surface area contributed by atoms with Crippen molar-refractivity contribution in [3.63, 3.8) is 0 Å². The van der Waals surface area contributed by atoms with Crippen LogP contribution in [0.2, 0.25) is 5.02 Å². The molecule has 51 heavy (non-hydrogen) atoms. The number of aliphatic hydroxyl groups excluding tert-OH is 1. The smallest absolute Gasteiger partial charge is 0.303 e. The monoisotopic (exact) mass is 712 g/mol. The number of ether oxygens (including phenoxy) is 3. The number of hydrogen-bond donors (Lipinski definition) is 3. The Labute approximate surface area is 304 Å². The predicted molar refractivity (Wildman–Crippen MR) is 194 cm³/mol. The molecule has 2 heterocycles. The number of likely N-dealkylation sites (tertiary alicyclic amines) is 1. The molecule has 10 heteroatoms. The number of nitrogens with zero attached hydrogens (tertiary/aromatic N) is 1. The van der Waals surface area contributed by atoms with Gasteiger partial charge in [-0.05, 0) is 77.4 Å². The number of benzene rings is 4. The Morgan fingerprint density at radius 2 is 1.61 bits per heavy atom. The van der Waals surface area contributed by atoms with Gasteiger partial charge in [0.15, 0.2) is 12.4 Å². The molecule has 0 aromatic heterocycles. The number of amides is 1. The van der Waals surface area contributed by atoms with Gasteiger partial charge in [0, 0.05) is 50.1 Å². The second kappa shape index (κ2) is 16.5. The zero-order chi connectivity index (χ0) is 36.0. The molecule has 1 amide bonds. The van der Waals surface area contributed by atoms with Crippen LogP contribution in [0.1, 0.15) is 73.3 Å². The number of aliphatic hydroxyl groups is 2. The summed E-state index contributed by atoms with van der Waals surface area (Å²) >= 11 is 6.09. The van der Waals surface area contributed by atoms with Gasteiger partial charge in [0.1, 0.15) is 0 Å². The fourth-order valence-corrected chi connectivity index (χ4v) is 6.96. The summed E-state index contributed by atoms with van der Waals surface area (Å²) in [6.45, 7) is 5.25. The van der Waals surface area contributed by atoms with Crippen molar-refractivity contribution in [3.8, 4) is 11.1 Å². The van der Waals surface area contributed by atoms with E-state index >= 15 is 0 Å². The number of rotatable bonds is 11. The molecule has 4 atom stereocenters. The van der Waals surface area contributed by atoms with Crippen molar-refractivity contribution in [2.24, 2.45) is 0 Å². The summed E-state index contributed by atoms with van der Waals surface area (Å²) in [6.07, 6.45) is 0.0569. The first-order chi connectivity index (χ1) is 24.6. The fourth-order valence-electron chi connectivity index (χ4n) is 6.84. The van der Waals surface area contributed by atoms with Crippen LogP contribution in [0.15, 0.2) is 97.1 Å². The first kappa shape index (κ1) is 36.7. The van der Waals surface area contributed by atoms with Crippen molar-refractivity contribution in [3.05, 3.63) is 130 Å². The Morgan fingerprint density at radius 1 is 0.922 bits per heavy atom. The number of halogens is 1. The summed E-state index contributed by atoms with van der Waals surface area (Å²) in [7, 11) is 0. The summed E-state index contributed by atoms with van der Waals surface area (Å²) in [5.41, 5.74) is 5.61. The Kier molecular flexibility index (Phi) is 11.9. The molecule has 2 aliphatic rings. The van der Waals surface area contributed by atoms with Crippen molar-refractivity contribution in [2.75, 3.05) is 19.6 Å². The molecular formula is C41H45ClN2O7. The summed E-state index contributed by atoms with van der Waals surface area (Å²) in [4.78, 5) is 26.0. The van der Waals surface area contributed by atoms with Crippen LogP contribution in [0.3, 0.4) is 0 Å². The van der Waals surface area contributed by atoms with Gasteiger partial charge in [0.05, 0.1) is 24.4 Å². The zero-order valence-electron chi connectivity index (χ0n) is 29.0. The molecule has 2 fully saturated rings. The topological polar surface area (TPSA) is 118 Å². The molecule has 0 saturated carbocycles. The lowest BCUT2D eigenvalue weighted by Crippen LogP contribution is -2.46. The van der Waals surface area contributed by atoms with Gasteiger partial charge >= 0.3 is 5.97 Å². The van der Waals surface area contributed by atoms with Gasteiger partial charge < -0.3 is 34.6 Å². The molecule has 0 aliphatic carbocycles. The van der Waals surface area contributed by atoms with E-state index in [2.05, 4.69) is 16.3 Å². The number of hydrogen-bond acceptors (Lipinski definition) is 8. The third kappa shape index (κ3) is 9.43. The van der Waals surface area contributed by atoms with Crippen LogP contribution < -0.4 is 5.32 Å². The van der Waals surface area contributed by atoms with Gasteiger partial charge in [-0.2, -0.15) is 0 Å². The summed E-state index contributed by atoms with van der Waals surface area (Å²) < 4.78 is 18.3. The maximum Gasteiger partial charge on any atom is 0.303 e. The number of carbonyl (C=O) groups excluding carboxylic acids is 2. The maximum absolute atomic E-state index is 12.4. The minimum atomic E-state index is -0.886. The van der Waals surface area contributed by atoms with E-state index in [-0.39, 0.29) is 24.7 Å². The van der Waals surface area contributed by atoms with Crippen LogP contribution >= 0.6 is 11.6 Å². The summed E-state index contributed by atoms with van der Waals surface area (Å²) in [6, 6.07) is 31.4. The molecule has 0 spiro atoms. The quantitative estimate of drug-likeness (QED) is 0.149. The summed E-state index contributed by atoms with van der Waals surface area (Å²) in [5, 5.41) is 24.5. The normalized spacial score (nSPS) is 21.1. The minimum Gasteiger partial charge on any atom is -0.453 e. The van der Waals surface area contributed by atoms with Crippen LogP contribution in [0.5, 0.6) is 0 Å². The van der Waals surface area contributed by atoms with Gasteiger partial charge in [0.2, 0.25) is 0 Å². The van der Waals surface area contributed by atoms with Gasteiger partial charge in [-0.3, -0.25) is 9.59 Å². The predicted octanol–water partition coefficient (Wildman–Crippen LogP) is 6.60. The van der Waals surface area contributed by atoms with E-state index in [0.29, 0.717) is 37.4 Å². The highest BCUT2D eigenvalue weighted by atomic mass is 35.5. The molecule has 0 unspecified atom stereocenters. The van der Waals surface area contributed by atoms with Gasteiger partial charge in [-0.1, -0.05) is 84.4 Å². The molecular weight excluding hydrogens is 668 g/mol. The lowest BCUT2D eigenvalue weighted by Gasteiger charge is -2.42. The third-order valence-corrected chi connectivity index (χ3v) is 9.99. The highest BCUT2D eigenvalue weighted by Gasteiger charge is 2.37. The second-order valence-electron chi connectivity index (χ2n) is 13.5. The standard InChI is InChI=1S/C41H45ClN2O7/c1-27(49-28(2)46)39(47)43-24-30-5-3-6-32(21-30)33-7-4-8-34(22-33)40-50-37(23-38(51-40)31-11-9-29(26-45)10-12-31)25-44-19-17-41(48,18-20-44)35-13-15-36(42)16-14-35/h3-16,21-22,27,37-38,40,45,48H,17-20,23-26H2,1-2H3,(H,43,47)/t27-,37-,38+,40+/m0/s1. The summed E-state index contributed by atoms with van der Waals surface area (Å²) in [5.74, 6) is -0.863. The number of esters is 1. The van der Waals surface area contributed by atoms with E-state index in [1.54, 1.807) is 6.92 Å². The molecule has 268 valence electrons. The van der Waals surface area contributed by atoms with Crippen LogP contribution in [-0.4, -0.2) is 58.8 Å². The van der Waals surface area contributed by atoms with E-state index in [0.717, 1.165) is 52.0 Å². The lowest BCUT2D eigenvalue weighted by atomic mass is 9.84. The second-order valence-corrected chi connectivity index (χ2v) is 13.9. The molecule has 6 rings (SSSR count). The van der Waals surface area contributed by atoms with Crippen molar-refractivity contribution < 1.29 is 34.0 Å². The molecule has 9 nitrogen and oxygen atoms in total. The van der Waals surface area contributed by atoms with Gasteiger partial charge in [0.25, 0.3) is 5.91 Å². The van der Waals surface area contributed by atoms with E-state index in [1.807, 2.05) is 91.0 Å². The first-order valence-corrected chi connectivity index (χ1v) is 17.8. The Balaban J connectivity index is 1.17. The first-order valence-electron chi connectivity index (χ1n) is 17.4. The largest absolute Gasteiger partial charge is 0.453 e. The molecule has 4 aromatic rings. The number of nitrogens with one attached hydrogen (secondary N) is 1. The Morgan fingerprint density at radius 3 is 2.29 bits per heavy atom. The third-order valence-electron chi connectivity index (χ3n) is 9.74. The SMILES string of the molecule is CC(=O)O[C@@H](C)C(=O)NCc1cccc(-c2cccc([C@@H]3O[C@H](CN4CCC(O)(c5ccc(Cl)cc5)CC4)C[C@H](c4ccc(CO)cc4)O3)c2)c1. The maximum atomic E-state index is 12.4. The average molecular weight is 713 g/mol. The van der Waals surface area contributed by atoms with E-state index < -0.39 is 24.0 Å². The fraction of sp³-hybridized carbons (Fsp3) is 0.366. The van der Waals surface area contributed by atoms with Crippen molar-refractivity contribution in [2.45, 2.75) is 76.5 Å². The van der Waals surface area contributed by atoms with Gasteiger partial charge in [-0.15, -0.1) is 0 Å². The van der Waals surface area contributed by atoms with E-state index in [4.69, 9.17) is 25.8 Å². The molecule has 3 N–H and O–H groups in total. The number of carbonyl (C=O) groups is 2. The van der Waals surface area contributed by atoms with Crippen LogP contribution in [-0.2, 0) is 42.6 Å². The molecule has 4 aromatic carbocycles. The Bertz CT molecular complexity index is 1790. The van der Waals surface area contributed by atoms with Crippen molar-refractivity contribution in [1.29, 1.82) is 0 Å². The molecule has 2 aliphatic heterocycles. The minimum absolute atomic E-state index is 0.0226. The van der Waals surface area contributed by atoms with E-state index in [1.165, 1.54) is 6.92 Å². The molecule has 0 radical (unpaired) electrons. The van der Waals surface area contributed by atoms with E-state index in [9.17, 15) is 19.8 Å². The van der Waals surface area contributed by atoms with Crippen LogP contribution in [0.25, 0.3) is 11.1 Å². The highest BCUT2D eigenvalue weighted by molar-refractivity contribution is 6.30. The lowest BCUT2D eigenvalue weighted by molar-refractivity contribution is -0.253. The highest BCUT2D eigenvalue weighted by Crippen LogP contribution is 2.40. The van der Waals surface area contributed by atoms with Gasteiger partial charge in [-0.25, -0.2) is 0 Å². The molecule has 2 saturated heterocycles. The zero-order valence-corrected chi connectivity index (χ0v) is 29.7. The average Bonchev–Trinajstić information content (AvgIpc) is 3.15. The number of piperidine rings is 1. The van der Waals surface area contributed by atoms with Crippen LogP contribution in [0.4, 0.5) is 0 Å². The van der Waals surface area contributed by atoms with Crippen LogP contribution in [0, 0.1) is 0 Å². The van der Waals surface area contributed by atoms with Crippen molar-refractivity contribution in [1.82, 2.24) is 10.2 Å². The molecule has 0 bridgehead atoms.